The maximum Gasteiger partial charge on any atom is 0.268 e. The van der Waals surface area contributed by atoms with Crippen LogP contribution in [-0.2, 0) is 21.9 Å². The molecular weight excluding hydrogens is 401 g/mol. The molecule has 1 aliphatic heterocycles. The minimum atomic E-state index is -3.91. The van der Waals surface area contributed by atoms with E-state index in [0.29, 0.717) is 29.8 Å². The predicted molar refractivity (Wildman–Crippen MR) is 116 cm³/mol. The SMILES string of the molecule is CC1CCc2cc(F)ccc2N1S(=O)(=O)c1cn(-c2ccccc2)nc1C(C)(C)C. The molecule has 1 aliphatic rings. The summed E-state index contributed by atoms with van der Waals surface area (Å²) in [7, 11) is -3.91. The van der Waals surface area contributed by atoms with Crippen LogP contribution in [0.5, 0.6) is 0 Å². The summed E-state index contributed by atoms with van der Waals surface area (Å²) in [6.45, 7) is 7.74. The summed E-state index contributed by atoms with van der Waals surface area (Å²) in [4.78, 5) is 0.183. The Bertz CT molecular complexity index is 1180. The van der Waals surface area contributed by atoms with Gasteiger partial charge in [0, 0.05) is 11.5 Å². The van der Waals surface area contributed by atoms with Crippen molar-refractivity contribution in [3.8, 4) is 5.69 Å². The average Bonchev–Trinajstić information content (AvgIpc) is 3.15. The highest BCUT2D eigenvalue weighted by Gasteiger charge is 2.39. The van der Waals surface area contributed by atoms with Gasteiger partial charge in [-0.3, -0.25) is 4.31 Å². The molecule has 0 spiro atoms. The van der Waals surface area contributed by atoms with Crippen molar-refractivity contribution in [3.63, 3.8) is 0 Å². The van der Waals surface area contributed by atoms with E-state index in [4.69, 9.17) is 0 Å². The lowest BCUT2D eigenvalue weighted by molar-refractivity contribution is 0.534. The van der Waals surface area contributed by atoms with E-state index in [9.17, 15) is 12.8 Å². The molecule has 7 heteroatoms. The van der Waals surface area contributed by atoms with Crippen LogP contribution in [0.3, 0.4) is 0 Å². The van der Waals surface area contributed by atoms with Crippen LogP contribution in [0.15, 0.2) is 59.6 Å². The van der Waals surface area contributed by atoms with Gasteiger partial charge in [0.15, 0.2) is 0 Å². The third kappa shape index (κ3) is 3.51. The number of fused-ring (bicyclic) bond motifs is 1. The first-order valence-corrected chi connectivity index (χ1v) is 11.5. The fourth-order valence-corrected chi connectivity index (χ4v) is 5.99. The van der Waals surface area contributed by atoms with E-state index in [1.165, 1.54) is 16.4 Å². The third-order valence-electron chi connectivity index (χ3n) is 5.46. The van der Waals surface area contributed by atoms with Crippen molar-refractivity contribution in [2.24, 2.45) is 0 Å². The molecule has 0 fully saturated rings. The van der Waals surface area contributed by atoms with Gasteiger partial charge in [-0.2, -0.15) is 5.10 Å². The molecule has 1 atom stereocenters. The number of hydrogen-bond donors (Lipinski definition) is 0. The Morgan fingerprint density at radius 1 is 1.10 bits per heavy atom. The third-order valence-corrected chi connectivity index (χ3v) is 7.39. The summed E-state index contributed by atoms with van der Waals surface area (Å²) in [6, 6.07) is 13.5. The summed E-state index contributed by atoms with van der Waals surface area (Å²) in [5, 5.41) is 4.66. The van der Waals surface area contributed by atoms with Gasteiger partial charge in [0.05, 0.1) is 23.3 Å². The molecule has 0 amide bonds. The Morgan fingerprint density at radius 3 is 2.47 bits per heavy atom. The van der Waals surface area contributed by atoms with Crippen LogP contribution in [0.4, 0.5) is 10.1 Å². The van der Waals surface area contributed by atoms with Gasteiger partial charge in [-0.15, -0.1) is 0 Å². The Hall–Kier alpha value is -2.67. The topological polar surface area (TPSA) is 55.2 Å². The highest BCUT2D eigenvalue weighted by Crippen LogP contribution is 2.38. The Morgan fingerprint density at radius 2 is 1.80 bits per heavy atom. The molecule has 4 rings (SSSR count). The van der Waals surface area contributed by atoms with Crippen molar-refractivity contribution in [2.75, 3.05) is 4.31 Å². The van der Waals surface area contributed by atoms with E-state index >= 15 is 0 Å². The highest BCUT2D eigenvalue weighted by molar-refractivity contribution is 7.93. The van der Waals surface area contributed by atoms with Crippen molar-refractivity contribution in [1.29, 1.82) is 0 Å². The van der Waals surface area contributed by atoms with E-state index in [2.05, 4.69) is 5.10 Å². The first-order valence-electron chi connectivity index (χ1n) is 10.1. The number of hydrogen-bond acceptors (Lipinski definition) is 3. The summed E-state index contributed by atoms with van der Waals surface area (Å²) >= 11 is 0. The number of rotatable bonds is 3. The van der Waals surface area contributed by atoms with E-state index in [1.807, 2.05) is 58.0 Å². The van der Waals surface area contributed by atoms with Crippen molar-refractivity contribution >= 4 is 15.7 Å². The van der Waals surface area contributed by atoms with Gasteiger partial charge >= 0.3 is 0 Å². The number of benzene rings is 2. The zero-order valence-corrected chi connectivity index (χ0v) is 18.4. The molecule has 3 aromatic rings. The molecule has 0 bridgehead atoms. The standard InChI is InChI=1S/C23H26FN3O2S/c1-16-10-11-17-14-18(24)12-13-20(17)27(16)30(28,29)21-15-26(19-8-6-5-7-9-19)25-22(21)23(2,3)4/h5-9,12-16H,10-11H2,1-4H3. The molecule has 2 aromatic carbocycles. The predicted octanol–water partition coefficient (Wildman–Crippen LogP) is 4.84. The number of nitrogens with zero attached hydrogens (tertiary/aromatic N) is 3. The lowest BCUT2D eigenvalue weighted by atomic mass is 9.92. The number of aryl methyl sites for hydroxylation is 1. The maximum absolute atomic E-state index is 13.9. The molecular formula is C23H26FN3O2S. The van der Waals surface area contributed by atoms with Crippen LogP contribution in [-0.4, -0.2) is 24.2 Å². The van der Waals surface area contributed by atoms with Crippen molar-refractivity contribution < 1.29 is 12.8 Å². The number of sulfonamides is 1. The zero-order chi connectivity index (χ0) is 21.7. The largest absolute Gasteiger partial charge is 0.268 e. The molecule has 0 radical (unpaired) electrons. The normalized spacial score (nSPS) is 17.1. The molecule has 1 aromatic heterocycles. The van der Waals surface area contributed by atoms with Gasteiger partial charge in [0.2, 0.25) is 0 Å². The van der Waals surface area contributed by atoms with Crippen LogP contribution in [0.25, 0.3) is 5.69 Å². The second-order valence-corrected chi connectivity index (χ2v) is 10.6. The highest BCUT2D eigenvalue weighted by atomic mass is 32.2. The van der Waals surface area contributed by atoms with Gasteiger partial charge in [0.25, 0.3) is 10.0 Å². The second-order valence-electron chi connectivity index (χ2n) is 8.83. The molecule has 0 saturated heterocycles. The lowest BCUT2D eigenvalue weighted by Gasteiger charge is -2.36. The van der Waals surface area contributed by atoms with E-state index in [-0.39, 0.29) is 16.8 Å². The molecule has 0 N–H and O–H groups in total. The first-order chi connectivity index (χ1) is 14.1. The fourth-order valence-electron chi connectivity index (χ4n) is 3.94. The molecule has 0 saturated carbocycles. The van der Waals surface area contributed by atoms with Crippen molar-refractivity contribution in [1.82, 2.24) is 9.78 Å². The van der Waals surface area contributed by atoms with E-state index < -0.39 is 15.4 Å². The summed E-state index contributed by atoms with van der Waals surface area (Å²) < 4.78 is 44.7. The monoisotopic (exact) mass is 427 g/mol. The Kier molecular flexibility index (Phi) is 4.97. The average molecular weight is 428 g/mol. The molecule has 30 heavy (non-hydrogen) atoms. The van der Waals surface area contributed by atoms with Gasteiger partial charge in [-0.05, 0) is 55.7 Å². The molecule has 2 heterocycles. The number of para-hydroxylation sites is 1. The minimum absolute atomic E-state index is 0.183. The van der Waals surface area contributed by atoms with E-state index in [1.54, 1.807) is 16.9 Å². The Labute approximate surface area is 177 Å². The van der Waals surface area contributed by atoms with Crippen LogP contribution in [0.2, 0.25) is 0 Å². The first kappa shape index (κ1) is 20.6. The van der Waals surface area contributed by atoms with Crippen molar-refractivity contribution in [2.45, 2.75) is 56.9 Å². The van der Waals surface area contributed by atoms with Crippen molar-refractivity contribution in [3.05, 3.63) is 71.8 Å². The molecule has 0 aliphatic carbocycles. The second kappa shape index (κ2) is 7.23. The molecule has 158 valence electrons. The van der Waals surface area contributed by atoms with E-state index in [0.717, 1.165) is 5.69 Å². The van der Waals surface area contributed by atoms with Gasteiger partial charge in [0.1, 0.15) is 10.7 Å². The van der Waals surface area contributed by atoms with Gasteiger partial charge < -0.3 is 0 Å². The zero-order valence-electron chi connectivity index (χ0n) is 17.6. The molecule has 5 nitrogen and oxygen atoms in total. The van der Waals surface area contributed by atoms with Crippen LogP contribution in [0.1, 0.15) is 45.4 Å². The fraction of sp³-hybridized carbons (Fsp3) is 0.348. The smallest absolute Gasteiger partial charge is 0.263 e. The maximum atomic E-state index is 13.9. The number of aromatic nitrogens is 2. The minimum Gasteiger partial charge on any atom is -0.263 e. The van der Waals surface area contributed by atoms with Gasteiger partial charge in [-0.25, -0.2) is 17.5 Å². The summed E-state index contributed by atoms with van der Waals surface area (Å²) in [6.07, 6.45) is 2.87. The summed E-state index contributed by atoms with van der Waals surface area (Å²) in [5.41, 5.74) is 2.07. The Balaban J connectivity index is 1.90. The number of halogens is 1. The molecule has 1 unspecified atom stereocenters. The van der Waals surface area contributed by atoms with Crippen LogP contribution >= 0.6 is 0 Å². The van der Waals surface area contributed by atoms with Gasteiger partial charge in [-0.1, -0.05) is 39.0 Å². The van der Waals surface area contributed by atoms with Crippen LogP contribution < -0.4 is 4.31 Å². The quantitative estimate of drug-likeness (QED) is 0.601. The lowest BCUT2D eigenvalue weighted by Crippen LogP contribution is -2.42. The summed E-state index contributed by atoms with van der Waals surface area (Å²) in [5.74, 6) is -0.354. The van der Waals surface area contributed by atoms with Crippen LogP contribution in [0, 0.1) is 5.82 Å². The number of anilines is 1.